The number of rotatable bonds is 7. The van der Waals surface area contributed by atoms with Crippen LogP contribution in [0.5, 0.6) is 0 Å². The Morgan fingerprint density at radius 3 is 1.07 bits per heavy atom. The Balaban J connectivity index is -0.000000245. The second kappa shape index (κ2) is 25.6. The van der Waals surface area contributed by atoms with E-state index in [1.54, 1.807) is 32.6 Å². The summed E-state index contributed by atoms with van der Waals surface area (Å²) in [5, 5.41) is 32.9. The van der Waals surface area contributed by atoms with Crippen molar-refractivity contribution in [3.63, 3.8) is 0 Å². The number of aliphatic hydroxyl groups excluding tert-OH is 2. The quantitative estimate of drug-likeness (QED) is 0.284. The molecule has 4 atom stereocenters. The number of carboxylic acid groups (broad SMARTS) is 2. The first-order valence-corrected chi connectivity index (χ1v) is 14.9. The summed E-state index contributed by atoms with van der Waals surface area (Å²) in [6.07, 6.45) is 1.18. The minimum atomic E-state index is -1.23. The van der Waals surface area contributed by atoms with Gasteiger partial charge in [0.15, 0.2) is 11.6 Å². The van der Waals surface area contributed by atoms with E-state index in [9.17, 15) is 33.6 Å². The van der Waals surface area contributed by atoms with Crippen LogP contribution in [0.1, 0.15) is 102 Å². The van der Waals surface area contributed by atoms with Gasteiger partial charge in [-0.2, -0.15) is 0 Å². The van der Waals surface area contributed by atoms with Gasteiger partial charge in [0.1, 0.15) is 24.0 Å². The standard InChI is InChI=1S/C10H17NO2.C9H15NO3.C5H10O.C4H8O2.C3H6O3.Zn/c1-7(2)10(13)11-6-4-5-9(11)8(3)12;1-6(2)8(11)10-5-3-4-7(10)9(12)13;1-4(2)5(3)6;1-3(5)4(2)6;1-2(4)3(5)6;/h7,9H,4-6H2,1-3H3;6-7H,3-5H2,1-2H3,(H,12,13);4H,1-3H3;3,5H,1-2H3;2,4H,1H3,(H,5,6);. The summed E-state index contributed by atoms with van der Waals surface area (Å²) in [5.41, 5.74) is 0. The van der Waals surface area contributed by atoms with Gasteiger partial charge in [-0.3, -0.25) is 24.0 Å². The zero-order chi connectivity index (χ0) is 35.5. The molecule has 2 aliphatic rings. The number of hydrogen-bond donors (Lipinski definition) is 4. The molecule has 258 valence electrons. The molecule has 0 aromatic carbocycles. The zero-order valence-corrected chi connectivity index (χ0v) is 32.0. The summed E-state index contributed by atoms with van der Waals surface area (Å²) in [6.45, 7) is 19.6. The molecule has 2 saturated heterocycles. The summed E-state index contributed by atoms with van der Waals surface area (Å²) in [4.78, 5) is 77.8. The van der Waals surface area contributed by atoms with Crippen molar-refractivity contribution in [1.29, 1.82) is 0 Å². The number of carbonyl (C=O) groups is 7. The second-order valence-electron chi connectivity index (χ2n) is 11.7. The van der Waals surface area contributed by atoms with E-state index in [1.807, 2.05) is 27.7 Å². The maximum absolute atomic E-state index is 11.6. The predicted octanol–water partition coefficient (Wildman–Crippen LogP) is 2.58. The van der Waals surface area contributed by atoms with Gasteiger partial charge in [0, 0.05) is 50.3 Å². The Morgan fingerprint density at radius 2 is 0.867 bits per heavy atom. The molecule has 4 N–H and O–H groups in total. The predicted molar refractivity (Wildman–Crippen MR) is 165 cm³/mol. The third-order valence-electron chi connectivity index (χ3n) is 6.57. The van der Waals surface area contributed by atoms with Crippen LogP contribution in [0, 0.1) is 17.8 Å². The van der Waals surface area contributed by atoms with Gasteiger partial charge in [0.2, 0.25) is 11.8 Å². The van der Waals surface area contributed by atoms with Gasteiger partial charge >= 0.3 is 11.9 Å². The van der Waals surface area contributed by atoms with Crippen molar-refractivity contribution in [2.24, 2.45) is 17.8 Å². The van der Waals surface area contributed by atoms with Gasteiger partial charge < -0.3 is 30.2 Å². The summed E-state index contributed by atoms with van der Waals surface area (Å²) >= 11 is 0. The molecular weight excluding hydrogens is 642 g/mol. The van der Waals surface area contributed by atoms with Crippen molar-refractivity contribution in [2.45, 2.75) is 126 Å². The van der Waals surface area contributed by atoms with Gasteiger partial charge in [-0.05, 0) is 60.3 Å². The Hall–Kier alpha value is -2.57. The SMILES string of the molecule is CC(=O)C(C)C.CC(=O)C(C)O.CC(=O)C1CCCN1C(=O)C(C)C.CC(C)C(=O)N1CCCC1C(=O)O.CC(O)C(=O)O.[Zn]. The maximum Gasteiger partial charge on any atom is 0.332 e. The average Bonchev–Trinajstić information content (AvgIpc) is 3.59. The molecule has 0 aromatic heterocycles. The summed E-state index contributed by atoms with van der Waals surface area (Å²) < 4.78 is 0. The number of amides is 2. The molecule has 45 heavy (non-hydrogen) atoms. The first-order chi connectivity index (χ1) is 20.0. The minimum Gasteiger partial charge on any atom is -0.480 e. The monoisotopic (exact) mass is 696 g/mol. The fourth-order valence-electron chi connectivity index (χ4n) is 3.40. The molecule has 0 bridgehead atoms. The van der Waals surface area contributed by atoms with E-state index in [-0.39, 0.29) is 72.4 Å². The molecule has 13 nitrogen and oxygen atoms in total. The van der Waals surface area contributed by atoms with Crippen LogP contribution in [0.4, 0.5) is 0 Å². The van der Waals surface area contributed by atoms with E-state index in [1.165, 1.54) is 25.7 Å². The Kier molecular flexibility index (Phi) is 28.1. The zero-order valence-electron chi connectivity index (χ0n) is 29.0. The van der Waals surface area contributed by atoms with Crippen LogP contribution in [0.15, 0.2) is 0 Å². The van der Waals surface area contributed by atoms with Gasteiger partial charge in [-0.25, -0.2) is 9.59 Å². The Labute approximate surface area is 280 Å². The number of likely N-dealkylation sites (tertiary alicyclic amines) is 2. The van der Waals surface area contributed by atoms with Crippen LogP contribution < -0.4 is 0 Å². The largest absolute Gasteiger partial charge is 0.480 e. The van der Waals surface area contributed by atoms with Crippen LogP contribution in [-0.2, 0) is 53.0 Å². The van der Waals surface area contributed by atoms with Gasteiger partial charge in [-0.1, -0.05) is 41.5 Å². The van der Waals surface area contributed by atoms with Gasteiger partial charge in [-0.15, -0.1) is 0 Å². The van der Waals surface area contributed by atoms with Crippen molar-refractivity contribution in [1.82, 2.24) is 9.80 Å². The molecular formula is C31H56N2O11Zn. The average molecular weight is 698 g/mol. The molecule has 0 aliphatic carbocycles. The van der Waals surface area contributed by atoms with Crippen LogP contribution in [0.3, 0.4) is 0 Å². The van der Waals surface area contributed by atoms with Crippen molar-refractivity contribution in [2.75, 3.05) is 13.1 Å². The van der Waals surface area contributed by atoms with Crippen LogP contribution >= 0.6 is 0 Å². The van der Waals surface area contributed by atoms with E-state index in [0.29, 0.717) is 13.0 Å². The molecule has 0 saturated carbocycles. The first kappa shape index (κ1) is 49.3. The Bertz CT molecular complexity index is 859. The number of aliphatic carboxylic acids is 2. The van der Waals surface area contributed by atoms with Crippen LogP contribution in [0.2, 0.25) is 0 Å². The van der Waals surface area contributed by atoms with Crippen molar-refractivity contribution < 1.29 is 73.5 Å². The Morgan fingerprint density at radius 1 is 0.578 bits per heavy atom. The number of aliphatic hydroxyl groups is 2. The number of nitrogens with zero attached hydrogens (tertiary/aromatic N) is 2. The number of carboxylic acids is 2. The van der Waals surface area contributed by atoms with Crippen molar-refractivity contribution in [3.8, 4) is 0 Å². The van der Waals surface area contributed by atoms with E-state index in [0.717, 1.165) is 25.8 Å². The first-order valence-electron chi connectivity index (χ1n) is 14.9. The third-order valence-corrected chi connectivity index (χ3v) is 6.57. The molecule has 0 spiro atoms. The maximum atomic E-state index is 11.6. The van der Waals surface area contributed by atoms with Crippen molar-refractivity contribution in [3.05, 3.63) is 0 Å². The van der Waals surface area contributed by atoms with Crippen molar-refractivity contribution >= 4 is 41.1 Å². The van der Waals surface area contributed by atoms with Crippen LogP contribution in [0.25, 0.3) is 0 Å². The molecule has 2 heterocycles. The smallest absolute Gasteiger partial charge is 0.332 e. The fourth-order valence-corrected chi connectivity index (χ4v) is 3.40. The number of ketones is 3. The summed E-state index contributed by atoms with van der Waals surface area (Å²) in [5.74, 6) is -1.72. The second-order valence-corrected chi connectivity index (χ2v) is 11.7. The van der Waals surface area contributed by atoms with E-state index in [2.05, 4.69) is 0 Å². The van der Waals surface area contributed by atoms with E-state index in [4.69, 9.17) is 20.4 Å². The normalized spacial score (nSPS) is 17.9. The molecule has 0 radical (unpaired) electrons. The molecule has 4 unspecified atom stereocenters. The topological polar surface area (TPSA) is 207 Å². The minimum absolute atomic E-state index is 0. The third kappa shape index (κ3) is 22.6. The fraction of sp³-hybridized carbons (Fsp3) is 0.774. The van der Waals surface area contributed by atoms with Crippen LogP contribution in [-0.4, -0.2) is 109 Å². The van der Waals surface area contributed by atoms with Gasteiger partial charge in [0.05, 0.1) is 6.04 Å². The summed E-state index contributed by atoms with van der Waals surface area (Å²) in [7, 11) is 0. The molecule has 2 amide bonds. The van der Waals surface area contributed by atoms with Gasteiger partial charge in [0.25, 0.3) is 0 Å². The number of Topliss-reactive ketones (excluding diaryl/α,β-unsaturated/α-hetero) is 3. The van der Waals surface area contributed by atoms with E-state index >= 15 is 0 Å². The molecule has 2 aliphatic heterocycles. The molecule has 0 aromatic rings. The molecule has 2 fully saturated rings. The number of hydrogen-bond acceptors (Lipinski definition) is 9. The number of carbonyl (C=O) groups excluding carboxylic acids is 5. The van der Waals surface area contributed by atoms with E-state index < -0.39 is 30.2 Å². The molecule has 14 heteroatoms. The molecule has 2 rings (SSSR count). The summed E-state index contributed by atoms with van der Waals surface area (Å²) in [6, 6.07) is -0.732.